The maximum Gasteiger partial charge on any atom is 0.287 e. The van der Waals surface area contributed by atoms with Crippen LogP contribution in [0.5, 0.6) is 0 Å². The first-order chi connectivity index (χ1) is 7.81. The van der Waals surface area contributed by atoms with Gasteiger partial charge in [0.05, 0.1) is 16.7 Å². The molecule has 17 heavy (non-hydrogen) atoms. The Bertz CT molecular complexity index is 657. The molecule has 1 N–H and O–H groups in total. The number of nitrogens with one attached hydrogen (secondary N) is 1. The average Bonchev–Trinajstić information content (AvgIpc) is 2.17. The third-order valence-corrected chi connectivity index (χ3v) is 3.54. The highest BCUT2D eigenvalue weighted by Gasteiger charge is 2.30. The summed E-state index contributed by atoms with van der Waals surface area (Å²) < 4.78 is 39.5. The Labute approximate surface area is 99.1 Å². The van der Waals surface area contributed by atoms with Gasteiger partial charge in [-0.05, 0) is 11.6 Å². The topological polar surface area (TPSA) is 102 Å². The first kappa shape index (κ1) is 11.7. The largest absolute Gasteiger partial charge is 0.326 e. The molecule has 0 saturated heterocycles. The fourth-order valence-electron chi connectivity index (χ4n) is 1.28. The molecule has 2 rings (SSSR count). The van der Waals surface area contributed by atoms with Crippen molar-refractivity contribution in [3.63, 3.8) is 0 Å². The first-order valence-corrected chi connectivity index (χ1v) is 5.88. The summed E-state index contributed by atoms with van der Waals surface area (Å²) in [6, 6.07) is 1.31. The van der Waals surface area contributed by atoms with Crippen molar-refractivity contribution < 1.29 is 17.7 Å². The second-order valence-electron chi connectivity index (χ2n) is 3.04. The van der Waals surface area contributed by atoms with Crippen LogP contribution in [-0.4, -0.2) is 18.6 Å². The summed E-state index contributed by atoms with van der Waals surface area (Å²) in [6.45, 7) is 0. The molecule has 0 amide bonds. The number of nitrogens with zero attached hydrogens (tertiary/aromatic N) is 2. The summed E-state index contributed by atoms with van der Waals surface area (Å²) >= 11 is 5.36. The molecule has 1 aromatic rings. The molecule has 0 bridgehead atoms. The van der Waals surface area contributed by atoms with E-state index in [2.05, 4.69) is 9.71 Å². The lowest BCUT2D eigenvalue weighted by atomic mass is 10.2. The van der Waals surface area contributed by atoms with Gasteiger partial charge < -0.3 is 5.32 Å². The van der Waals surface area contributed by atoms with E-state index in [1.807, 2.05) is 0 Å². The van der Waals surface area contributed by atoms with Gasteiger partial charge in [-0.2, -0.15) is 8.42 Å². The molecule has 90 valence electrons. The van der Waals surface area contributed by atoms with Crippen LogP contribution in [0.1, 0.15) is 0 Å². The molecule has 0 fully saturated rings. The fourth-order valence-corrected chi connectivity index (χ4v) is 2.68. The van der Waals surface area contributed by atoms with Gasteiger partial charge in [-0.3, -0.25) is 10.1 Å². The van der Waals surface area contributed by atoms with Crippen molar-refractivity contribution in [3.05, 3.63) is 28.1 Å². The van der Waals surface area contributed by atoms with E-state index >= 15 is 0 Å². The SMILES string of the molecule is O=[N+]([O-])c1cc(F)c2c(c1)S(=O)(=O)N=C(Cl)N2. The molecule has 1 aliphatic heterocycles. The number of fused-ring (bicyclic) bond motifs is 1. The smallest absolute Gasteiger partial charge is 0.287 e. The quantitative estimate of drug-likeness (QED) is 0.476. The monoisotopic (exact) mass is 279 g/mol. The van der Waals surface area contributed by atoms with Gasteiger partial charge in [0.15, 0.2) is 5.82 Å². The maximum absolute atomic E-state index is 13.5. The highest BCUT2D eigenvalue weighted by atomic mass is 35.5. The number of non-ortho nitro benzene ring substituents is 1. The van der Waals surface area contributed by atoms with Gasteiger partial charge in [-0.1, -0.05) is 0 Å². The zero-order valence-electron chi connectivity index (χ0n) is 7.85. The normalized spacial score (nSPS) is 16.7. The van der Waals surface area contributed by atoms with Crippen LogP contribution in [0.25, 0.3) is 0 Å². The second kappa shape index (κ2) is 3.64. The lowest BCUT2D eigenvalue weighted by Crippen LogP contribution is -2.18. The zero-order valence-corrected chi connectivity index (χ0v) is 9.42. The number of anilines is 1. The van der Waals surface area contributed by atoms with Crippen LogP contribution in [0.4, 0.5) is 15.8 Å². The average molecular weight is 280 g/mol. The Balaban J connectivity index is 2.77. The van der Waals surface area contributed by atoms with Crippen LogP contribution in [0.3, 0.4) is 0 Å². The van der Waals surface area contributed by atoms with Gasteiger partial charge in [0, 0.05) is 6.07 Å². The van der Waals surface area contributed by atoms with Gasteiger partial charge in [0.25, 0.3) is 15.7 Å². The lowest BCUT2D eigenvalue weighted by molar-refractivity contribution is -0.385. The Morgan fingerprint density at radius 2 is 2.12 bits per heavy atom. The third-order valence-electron chi connectivity index (χ3n) is 1.96. The van der Waals surface area contributed by atoms with Crippen molar-refractivity contribution in [1.29, 1.82) is 0 Å². The molecule has 0 aliphatic carbocycles. The summed E-state index contributed by atoms with van der Waals surface area (Å²) in [4.78, 5) is 8.96. The van der Waals surface area contributed by atoms with Crippen LogP contribution < -0.4 is 5.32 Å². The molecular weight excluding hydrogens is 277 g/mol. The number of hydrogen-bond acceptors (Lipinski definition) is 5. The van der Waals surface area contributed by atoms with Crippen molar-refractivity contribution in [1.82, 2.24) is 0 Å². The highest BCUT2D eigenvalue weighted by Crippen LogP contribution is 2.33. The number of nitro groups is 1. The number of amidine groups is 1. The van der Waals surface area contributed by atoms with E-state index in [0.29, 0.717) is 12.1 Å². The number of benzene rings is 1. The third kappa shape index (κ3) is 1.94. The predicted octanol–water partition coefficient (Wildman–Crippen LogP) is 1.44. The summed E-state index contributed by atoms with van der Waals surface area (Å²) in [5.41, 5.74) is -1.13. The maximum atomic E-state index is 13.5. The number of sulfonamides is 1. The van der Waals surface area contributed by atoms with Crippen molar-refractivity contribution in [2.45, 2.75) is 4.90 Å². The molecule has 10 heteroatoms. The summed E-state index contributed by atoms with van der Waals surface area (Å²) in [5.74, 6) is -1.09. The van der Waals surface area contributed by atoms with E-state index in [-0.39, 0.29) is 0 Å². The van der Waals surface area contributed by atoms with E-state index in [1.165, 1.54) is 0 Å². The Kier molecular flexibility index (Phi) is 2.51. The molecule has 0 unspecified atom stereocenters. The van der Waals surface area contributed by atoms with Gasteiger partial charge in [-0.25, -0.2) is 4.39 Å². The number of nitro benzene ring substituents is 1. The molecule has 0 radical (unpaired) electrons. The molecule has 0 saturated carbocycles. The minimum Gasteiger partial charge on any atom is -0.326 e. The number of rotatable bonds is 1. The van der Waals surface area contributed by atoms with Crippen molar-refractivity contribution in [2.75, 3.05) is 5.32 Å². The van der Waals surface area contributed by atoms with Crippen molar-refractivity contribution >= 4 is 38.3 Å². The van der Waals surface area contributed by atoms with Gasteiger partial charge in [0.2, 0.25) is 5.29 Å². The van der Waals surface area contributed by atoms with Crippen LogP contribution in [0.2, 0.25) is 0 Å². The summed E-state index contributed by atoms with van der Waals surface area (Å²) in [5, 5.41) is 12.1. The van der Waals surface area contributed by atoms with Crippen molar-refractivity contribution in [3.8, 4) is 0 Å². The highest BCUT2D eigenvalue weighted by molar-refractivity contribution is 7.90. The first-order valence-electron chi connectivity index (χ1n) is 4.07. The van der Waals surface area contributed by atoms with Crippen LogP contribution in [-0.2, 0) is 10.0 Å². The van der Waals surface area contributed by atoms with E-state index in [0.717, 1.165) is 0 Å². The Morgan fingerprint density at radius 3 is 2.71 bits per heavy atom. The lowest BCUT2D eigenvalue weighted by Gasteiger charge is -2.14. The van der Waals surface area contributed by atoms with E-state index in [1.54, 1.807) is 0 Å². The molecule has 0 atom stereocenters. The molecule has 1 aliphatic rings. The molecule has 0 aromatic heterocycles. The predicted molar refractivity (Wildman–Crippen MR) is 57.2 cm³/mol. The number of hydrogen-bond donors (Lipinski definition) is 1. The number of halogens is 2. The van der Waals surface area contributed by atoms with Gasteiger partial charge in [-0.15, -0.1) is 4.40 Å². The second-order valence-corrected chi connectivity index (χ2v) is 4.97. The van der Waals surface area contributed by atoms with E-state index < -0.39 is 42.3 Å². The van der Waals surface area contributed by atoms with Crippen molar-refractivity contribution in [2.24, 2.45) is 4.40 Å². The van der Waals surface area contributed by atoms with Crippen LogP contribution >= 0.6 is 11.6 Å². The minimum absolute atomic E-state index is 0.449. The zero-order chi connectivity index (χ0) is 12.8. The van der Waals surface area contributed by atoms with Gasteiger partial charge in [0.1, 0.15) is 4.90 Å². The van der Waals surface area contributed by atoms with E-state index in [4.69, 9.17) is 11.6 Å². The fraction of sp³-hybridized carbons (Fsp3) is 0. The van der Waals surface area contributed by atoms with Crippen LogP contribution in [0, 0.1) is 15.9 Å². The minimum atomic E-state index is -4.22. The summed E-state index contributed by atoms with van der Waals surface area (Å²) in [6.07, 6.45) is 0. The molecule has 7 nitrogen and oxygen atoms in total. The standard InChI is InChI=1S/C7H3ClFN3O4S/c8-7-10-6-4(9)1-3(12(13)14)2-5(6)17(15,16)11-7/h1-2H,(H,10,11). The Morgan fingerprint density at radius 1 is 1.47 bits per heavy atom. The van der Waals surface area contributed by atoms with Crippen LogP contribution in [0.15, 0.2) is 21.4 Å². The van der Waals surface area contributed by atoms with E-state index in [9.17, 15) is 22.9 Å². The molecular formula is C7H3ClFN3O4S. The molecule has 0 spiro atoms. The Hall–Kier alpha value is -1.74. The summed E-state index contributed by atoms with van der Waals surface area (Å²) in [7, 11) is -4.22. The molecule has 1 heterocycles. The molecule has 1 aromatic carbocycles. The van der Waals surface area contributed by atoms with Gasteiger partial charge >= 0.3 is 0 Å².